The molecule has 102 valence electrons. The lowest BCUT2D eigenvalue weighted by atomic mass is 10.3. The molecule has 6 heteroatoms. The topological polar surface area (TPSA) is 67.9 Å². The van der Waals surface area contributed by atoms with Gasteiger partial charge in [0.25, 0.3) is 0 Å². The number of ether oxygens (including phenoxy) is 2. The van der Waals surface area contributed by atoms with Gasteiger partial charge in [0.2, 0.25) is 5.91 Å². The molecule has 2 amide bonds. The molecule has 0 aliphatic carbocycles. The van der Waals surface area contributed by atoms with Crippen LogP contribution in [0.4, 0.5) is 10.5 Å². The number of carbonyl (C=O) groups is 2. The summed E-state index contributed by atoms with van der Waals surface area (Å²) in [7, 11) is 1.57. The van der Waals surface area contributed by atoms with E-state index in [4.69, 9.17) is 9.47 Å². The molecule has 1 aromatic rings. The third kappa shape index (κ3) is 3.61. The molecule has 0 spiro atoms. The van der Waals surface area contributed by atoms with Gasteiger partial charge >= 0.3 is 6.09 Å². The second-order valence-electron chi connectivity index (χ2n) is 4.13. The zero-order valence-electron chi connectivity index (χ0n) is 10.7. The molecule has 19 heavy (non-hydrogen) atoms. The summed E-state index contributed by atoms with van der Waals surface area (Å²) in [6.45, 7) is 1.32. The van der Waals surface area contributed by atoms with Gasteiger partial charge in [-0.3, -0.25) is 4.79 Å². The van der Waals surface area contributed by atoms with E-state index in [2.05, 4.69) is 5.32 Å². The highest BCUT2D eigenvalue weighted by Gasteiger charge is 2.22. The van der Waals surface area contributed by atoms with Crippen LogP contribution in [0.2, 0.25) is 0 Å². The summed E-state index contributed by atoms with van der Waals surface area (Å²) in [5.41, 5.74) is 0.674. The van der Waals surface area contributed by atoms with E-state index >= 15 is 0 Å². The maximum atomic E-state index is 11.7. The Hall–Kier alpha value is -2.24. The number of nitrogens with zero attached hydrogens (tertiary/aromatic N) is 1. The maximum Gasteiger partial charge on any atom is 0.409 e. The summed E-state index contributed by atoms with van der Waals surface area (Å²) in [5, 5.41) is 2.76. The minimum Gasteiger partial charge on any atom is -0.497 e. The van der Waals surface area contributed by atoms with Crippen LogP contribution in [0, 0.1) is 0 Å². The highest BCUT2D eigenvalue weighted by Crippen LogP contribution is 2.16. The Bertz CT molecular complexity index is 475. The molecule has 2 rings (SSSR count). The van der Waals surface area contributed by atoms with Gasteiger partial charge in [-0.25, -0.2) is 4.79 Å². The third-order valence-corrected chi connectivity index (χ3v) is 2.81. The first-order valence-corrected chi connectivity index (χ1v) is 6.04. The van der Waals surface area contributed by atoms with Gasteiger partial charge in [-0.2, -0.15) is 0 Å². The molecule has 0 bridgehead atoms. The molecule has 1 heterocycles. The Labute approximate surface area is 111 Å². The van der Waals surface area contributed by atoms with Crippen molar-refractivity contribution >= 4 is 17.7 Å². The molecule has 1 saturated heterocycles. The van der Waals surface area contributed by atoms with Crippen molar-refractivity contribution in [3.8, 4) is 5.75 Å². The second kappa shape index (κ2) is 6.08. The van der Waals surface area contributed by atoms with Crippen LogP contribution < -0.4 is 10.1 Å². The monoisotopic (exact) mass is 264 g/mol. The lowest BCUT2D eigenvalue weighted by Crippen LogP contribution is -2.28. The van der Waals surface area contributed by atoms with E-state index in [1.54, 1.807) is 31.4 Å². The standard InChI is InChI=1S/C13H16N2O4/c1-18-11-4-2-3-10(9-11)14-12(16)5-6-15-7-8-19-13(15)17/h2-4,9H,5-8H2,1H3,(H,14,16). The molecule has 0 unspecified atom stereocenters. The molecular weight excluding hydrogens is 248 g/mol. The molecule has 1 fully saturated rings. The van der Waals surface area contributed by atoms with E-state index in [0.717, 1.165) is 0 Å². The number of hydrogen-bond acceptors (Lipinski definition) is 4. The highest BCUT2D eigenvalue weighted by atomic mass is 16.6. The molecule has 0 saturated carbocycles. The number of cyclic esters (lactones) is 1. The fourth-order valence-electron chi connectivity index (χ4n) is 1.79. The van der Waals surface area contributed by atoms with Crippen molar-refractivity contribution < 1.29 is 19.1 Å². The van der Waals surface area contributed by atoms with Crippen LogP contribution in [0.1, 0.15) is 6.42 Å². The van der Waals surface area contributed by atoms with Gasteiger partial charge in [0.15, 0.2) is 0 Å². The first kappa shape index (κ1) is 13.2. The first-order valence-electron chi connectivity index (χ1n) is 6.04. The minimum absolute atomic E-state index is 0.145. The van der Waals surface area contributed by atoms with E-state index in [1.165, 1.54) is 4.90 Å². The van der Waals surface area contributed by atoms with E-state index in [0.29, 0.717) is 31.1 Å². The third-order valence-electron chi connectivity index (χ3n) is 2.81. The molecule has 1 aliphatic heterocycles. The minimum atomic E-state index is -0.353. The average Bonchev–Trinajstić information content (AvgIpc) is 2.82. The van der Waals surface area contributed by atoms with Crippen molar-refractivity contribution in [2.75, 3.05) is 32.1 Å². The van der Waals surface area contributed by atoms with Crippen molar-refractivity contribution in [2.24, 2.45) is 0 Å². The molecule has 1 N–H and O–H groups in total. The van der Waals surface area contributed by atoms with Crippen LogP contribution in [0.5, 0.6) is 5.75 Å². The van der Waals surface area contributed by atoms with Crippen molar-refractivity contribution in [3.63, 3.8) is 0 Å². The highest BCUT2D eigenvalue weighted by molar-refractivity contribution is 5.91. The van der Waals surface area contributed by atoms with Crippen molar-refractivity contribution in [1.82, 2.24) is 4.90 Å². The van der Waals surface area contributed by atoms with Crippen LogP contribution in [0.15, 0.2) is 24.3 Å². The molecule has 0 atom stereocenters. The van der Waals surface area contributed by atoms with Gasteiger partial charge in [-0.1, -0.05) is 6.07 Å². The predicted octanol–water partition coefficient (Wildman–Crippen LogP) is 1.48. The van der Waals surface area contributed by atoms with Crippen LogP contribution in [-0.4, -0.2) is 43.7 Å². The van der Waals surface area contributed by atoms with Crippen molar-refractivity contribution in [3.05, 3.63) is 24.3 Å². The second-order valence-corrected chi connectivity index (χ2v) is 4.13. The normalized spacial score (nSPS) is 14.2. The van der Waals surface area contributed by atoms with Crippen LogP contribution in [0.25, 0.3) is 0 Å². The van der Waals surface area contributed by atoms with Gasteiger partial charge in [-0.15, -0.1) is 0 Å². The lowest BCUT2D eigenvalue weighted by Gasteiger charge is -2.12. The van der Waals surface area contributed by atoms with E-state index in [1.807, 2.05) is 0 Å². The van der Waals surface area contributed by atoms with Crippen molar-refractivity contribution in [1.29, 1.82) is 0 Å². The Morgan fingerprint density at radius 3 is 3.05 bits per heavy atom. The molecule has 0 aromatic heterocycles. The fourth-order valence-corrected chi connectivity index (χ4v) is 1.79. The van der Waals surface area contributed by atoms with Gasteiger partial charge in [-0.05, 0) is 12.1 Å². The number of hydrogen-bond donors (Lipinski definition) is 1. The number of nitrogens with one attached hydrogen (secondary N) is 1. The predicted molar refractivity (Wildman–Crippen MR) is 69.2 cm³/mol. The number of amides is 2. The number of rotatable bonds is 5. The Morgan fingerprint density at radius 1 is 1.53 bits per heavy atom. The molecule has 6 nitrogen and oxygen atoms in total. The zero-order valence-corrected chi connectivity index (χ0v) is 10.7. The Kier molecular flexibility index (Phi) is 4.22. The van der Waals surface area contributed by atoms with Gasteiger partial charge in [0.05, 0.1) is 13.7 Å². The number of methoxy groups -OCH3 is 1. The number of benzene rings is 1. The van der Waals surface area contributed by atoms with Gasteiger partial charge in [0.1, 0.15) is 12.4 Å². The van der Waals surface area contributed by atoms with Gasteiger partial charge in [0, 0.05) is 24.7 Å². The van der Waals surface area contributed by atoms with E-state index in [-0.39, 0.29) is 18.4 Å². The smallest absolute Gasteiger partial charge is 0.409 e. The quantitative estimate of drug-likeness (QED) is 0.874. The van der Waals surface area contributed by atoms with E-state index < -0.39 is 0 Å². The first-order chi connectivity index (χ1) is 9.19. The summed E-state index contributed by atoms with van der Waals surface area (Å²) >= 11 is 0. The summed E-state index contributed by atoms with van der Waals surface area (Å²) in [5.74, 6) is 0.536. The lowest BCUT2D eigenvalue weighted by molar-refractivity contribution is -0.116. The molecular formula is C13H16N2O4. The summed E-state index contributed by atoms with van der Waals surface area (Å²) in [4.78, 5) is 24.4. The van der Waals surface area contributed by atoms with Crippen LogP contribution in [0.3, 0.4) is 0 Å². The zero-order chi connectivity index (χ0) is 13.7. The Balaban J connectivity index is 1.82. The van der Waals surface area contributed by atoms with Gasteiger partial charge < -0.3 is 19.7 Å². The average molecular weight is 264 g/mol. The molecule has 0 radical (unpaired) electrons. The molecule has 1 aliphatic rings. The van der Waals surface area contributed by atoms with Crippen LogP contribution >= 0.6 is 0 Å². The summed E-state index contributed by atoms with van der Waals surface area (Å²) in [6, 6.07) is 7.12. The number of anilines is 1. The van der Waals surface area contributed by atoms with Crippen LogP contribution in [-0.2, 0) is 9.53 Å². The maximum absolute atomic E-state index is 11.7. The summed E-state index contributed by atoms with van der Waals surface area (Å²) < 4.78 is 9.86. The summed E-state index contributed by atoms with van der Waals surface area (Å²) in [6.07, 6.45) is -0.110. The Morgan fingerprint density at radius 2 is 2.37 bits per heavy atom. The SMILES string of the molecule is COc1cccc(NC(=O)CCN2CCOC2=O)c1. The fraction of sp³-hybridized carbons (Fsp3) is 0.385. The largest absolute Gasteiger partial charge is 0.497 e. The van der Waals surface area contributed by atoms with E-state index in [9.17, 15) is 9.59 Å². The molecule has 1 aromatic carbocycles. The number of carbonyl (C=O) groups excluding carboxylic acids is 2. The van der Waals surface area contributed by atoms with Crippen molar-refractivity contribution in [2.45, 2.75) is 6.42 Å².